The first-order valence-corrected chi connectivity index (χ1v) is 13.0. The summed E-state index contributed by atoms with van der Waals surface area (Å²) in [6.07, 6.45) is 4.11. The highest BCUT2D eigenvalue weighted by atomic mass is 19.1. The SMILES string of the molecule is CC(=N)/C=C\C(=N)c1cc(C)c(-c2ccc(F)c3c2CC[C@H]3Oc2ccc3c(c2)OCC3CC(=O)O)c(C)c1. The molecule has 200 valence electrons. The number of allylic oxidation sites excluding steroid dienone is 2. The van der Waals surface area contributed by atoms with Gasteiger partial charge in [0.25, 0.3) is 0 Å². The van der Waals surface area contributed by atoms with Crippen LogP contribution in [-0.4, -0.2) is 29.1 Å². The molecule has 0 aromatic heterocycles. The summed E-state index contributed by atoms with van der Waals surface area (Å²) in [6.45, 7) is 6.01. The molecule has 7 heteroatoms. The fourth-order valence-corrected chi connectivity index (χ4v) is 5.75. The number of aliphatic carboxylic acids is 1. The molecule has 3 N–H and O–H groups in total. The maximum Gasteiger partial charge on any atom is 0.304 e. The van der Waals surface area contributed by atoms with Crippen LogP contribution in [0.15, 0.2) is 54.6 Å². The van der Waals surface area contributed by atoms with Crippen LogP contribution in [0, 0.1) is 30.5 Å². The number of halogens is 1. The molecule has 3 aromatic carbocycles. The van der Waals surface area contributed by atoms with Gasteiger partial charge in [-0.3, -0.25) is 4.79 Å². The average molecular weight is 527 g/mol. The maximum absolute atomic E-state index is 15.2. The maximum atomic E-state index is 15.2. The summed E-state index contributed by atoms with van der Waals surface area (Å²) < 4.78 is 27.2. The Morgan fingerprint density at radius 3 is 2.56 bits per heavy atom. The summed E-state index contributed by atoms with van der Waals surface area (Å²) >= 11 is 0. The van der Waals surface area contributed by atoms with Gasteiger partial charge in [-0.05, 0) is 103 Å². The fraction of sp³-hybridized carbons (Fsp3) is 0.281. The van der Waals surface area contributed by atoms with Crippen LogP contribution in [0.4, 0.5) is 4.39 Å². The van der Waals surface area contributed by atoms with Gasteiger partial charge in [0.1, 0.15) is 23.4 Å². The number of hydrogen-bond donors (Lipinski definition) is 3. The van der Waals surface area contributed by atoms with E-state index < -0.39 is 12.1 Å². The van der Waals surface area contributed by atoms with Gasteiger partial charge in [-0.15, -0.1) is 0 Å². The van der Waals surface area contributed by atoms with Gasteiger partial charge in [0.15, 0.2) is 0 Å². The molecule has 0 fully saturated rings. The minimum Gasteiger partial charge on any atom is -0.492 e. The number of carbonyl (C=O) groups is 1. The molecule has 0 radical (unpaired) electrons. The summed E-state index contributed by atoms with van der Waals surface area (Å²) in [5.41, 5.74) is 7.87. The van der Waals surface area contributed by atoms with Crippen molar-refractivity contribution in [2.75, 3.05) is 6.61 Å². The smallest absolute Gasteiger partial charge is 0.304 e. The van der Waals surface area contributed by atoms with Crippen LogP contribution in [0.25, 0.3) is 11.1 Å². The molecule has 1 aliphatic carbocycles. The molecule has 5 rings (SSSR count). The number of hydrogen-bond acceptors (Lipinski definition) is 5. The number of carboxylic acids is 1. The molecule has 0 saturated heterocycles. The van der Waals surface area contributed by atoms with Crippen LogP contribution in [0.2, 0.25) is 0 Å². The molecule has 6 nitrogen and oxygen atoms in total. The van der Waals surface area contributed by atoms with Crippen molar-refractivity contribution in [2.45, 2.75) is 52.1 Å². The standard InChI is InChI=1S/C32H31FN2O4/c1-17-12-20(27(35)10-4-19(3)34)13-18(2)31(17)24-7-9-26(33)32-25(24)8-11-28(32)39-22-5-6-23-21(14-30(36)37)16-38-29(23)15-22/h4-7,9-10,12-13,15,21,28,34-35H,8,11,14,16H2,1-3H3,(H,36,37)/b10-4-,34-19?,35-27?/t21?,28-/m1/s1. The van der Waals surface area contributed by atoms with E-state index in [9.17, 15) is 4.79 Å². The zero-order valence-electron chi connectivity index (χ0n) is 22.2. The first kappa shape index (κ1) is 26.4. The largest absolute Gasteiger partial charge is 0.492 e. The number of ether oxygens (including phenoxy) is 2. The molecular formula is C32H31FN2O4. The van der Waals surface area contributed by atoms with Gasteiger partial charge in [-0.2, -0.15) is 0 Å². The minimum absolute atomic E-state index is 0.0122. The Labute approximate surface area is 227 Å². The predicted octanol–water partition coefficient (Wildman–Crippen LogP) is 7.09. The van der Waals surface area contributed by atoms with Gasteiger partial charge in [0.2, 0.25) is 0 Å². The molecule has 1 aliphatic heterocycles. The van der Waals surface area contributed by atoms with Gasteiger partial charge >= 0.3 is 5.97 Å². The molecule has 0 bridgehead atoms. The molecule has 2 aliphatic rings. The Morgan fingerprint density at radius 2 is 1.87 bits per heavy atom. The lowest BCUT2D eigenvalue weighted by Gasteiger charge is -2.19. The lowest BCUT2D eigenvalue weighted by molar-refractivity contribution is -0.137. The second-order valence-corrected chi connectivity index (χ2v) is 10.4. The van der Waals surface area contributed by atoms with Crippen molar-refractivity contribution in [3.63, 3.8) is 0 Å². The van der Waals surface area contributed by atoms with Crippen LogP contribution in [0.5, 0.6) is 11.5 Å². The monoisotopic (exact) mass is 526 g/mol. The van der Waals surface area contributed by atoms with Crippen molar-refractivity contribution in [1.29, 1.82) is 10.8 Å². The molecule has 1 unspecified atom stereocenters. The number of rotatable bonds is 8. The van der Waals surface area contributed by atoms with Gasteiger partial charge in [-0.25, -0.2) is 4.39 Å². The number of fused-ring (bicyclic) bond motifs is 2. The number of benzene rings is 3. The van der Waals surface area contributed by atoms with Crippen LogP contribution < -0.4 is 9.47 Å². The molecule has 0 spiro atoms. The summed E-state index contributed by atoms with van der Waals surface area (Å²) in [4.78, 5) is 11.1. The highest BCUT2D eigenvalue weighted by molar-refractivity contribution is 6.10. The van der Waals surface area contributed by atoms with Crippen molar-refractivity contribution < 1.29 is 23.8 Å². The van der Waals surface area contributed by atoms with Crippen LogP contribution in [-0.2, 0) is 11.2 Å². The van der Waals surface area contributed by atoms with Crippen molar-refractivity contribution in [3.05, 3.63) is 93.8 Å². The van der Waals surface area contributed by atoms with Gasteiger partial charge in [0.05, 0.1) is 18.7 Å². The Morgan fingerprint density at radius 1 is 1.13 bits per heavy atom. The Hall–Kier alpha value is -4.26. The highest BCUT2D eigenvalue weighted by Crippen LogP contribution is 2.45. The second kappa shape index (κ2) is 10.5. The highest BCUT2D eigenvalue weighted by Gasteiger charge is 2.32. The molecule has 2 atom stereocenters. The van der Waals surface area contributed by atoms with E-state index in [1.807, 2.05) is 38.1 Å². The molecular weight excluding hydrogens is 495 g/mol. The van der Waals surface area contributed by atoms with Crippen LogP contribution >= 0.6 is 0 Å². The van der Waals surface area contributed by atoms with E-state index in [0.29, 0.717) is 47.9 Å². The van der Waals surface area contributed by atoms with Crippen LogP contribution in [0.3, 0.4) is 0 Å². The van der Waals surface area contributed by atoms with E-state index >= 15 is 4.39 Å². The Bertz CT molecular complexity index is 1520. The van der Waals surface area contributed by atoms with Crippen LogP contribution in [0.1, 0.15) is 65.2 Å². The summed E-state index contributed by atoms with van der Waals surface area (Å²) in [5, 5.41) is 25.1. The predicted molar refractivity (Wildman–Crippen MR) is 149 cm³/mol. The average Bonchev–Trinajstić information content (AvgIpc) is 3.47. The van der Waals surface area contributed by atoms with E-state index in [1.165, 1.54) is 6.07 Å². The number of nitrogens with one attached hydrogen (secondary N) is 2. The molecule has 0 saturated carbocycles. The third-order valence-corrected chi connectivity index (χ3v) is 7.46. The molecule has 0 amide bonds. The lowest BCUT2D eigenvalue weighted by atomic mass is 9.88. The molecule has 39 heavy (non-hydrogen) atoms. The number of carboxylic acid groups (broad SMARTS) is 1. The van der Waals surface area contributed by atoms with E-state index in [4.69, 9.17) is 25.4 Å². The third kappa shape index (κ3) is 5.21. The zero-order chi connectivity index (χ0) is 27.8. The van der Waals surface area contributed by atoms with Crippen molar-refractivity contribution in [1.82, 2.24) is 0 Å². The first-order chi connectivity index (χ1) is 18.6. The minimum atomic E-state index is -0.862. The summed E-state index contributed by atoms with van der Waals surface area (Å²) in [5.74, 6) is -0.157. The fourth-order valence-electron chi connectivity index (χ4n) is 5.75. The third-order valence-electron chi connectivity index (χ3n) is 7.46. The Kier molecular flexibility index (Phi) is 7.08. The van der Waals surface area contributed by atoms with E-state index in [0.717, 1.165) is 38.9 Å². The quantitative estimate of drug-likeness (QED) is 0.273. The van der Waals surface area contributed by atoms with E-state index in [2.05, 4.69) is 0 Å². The van der Waals surface area contributed by atoms with Gasteiger partial charge in [-0.1, -0.05) is 12.1 Å². The zero-order valence-corrected chi connectivity index (χ0v) is 22.2. The topological polar surface area (TPSA) is 103 Å². The van der Waals surface area contributed by atoms with E-state index in [-0.39, 0.29) is 18.2 Å². The van der Waals surface area contributed by atoms with E-state index in [1.54, 1.807) is 31.2 Å². The van der Waals surface area contributed by atoms with Gasteiger partial charge < -0.3 is 25.4 Å². The normalized spacial score (nSPS) is 17.5. The second-order valence-electron chi connectivity index (χ2n) is 10.4. The molecule has 1 heterocycles. The summed E-state index contributed by atoms with van der Waals surface area (Å²) in [6, 6.07) is 12.7. The van der Waals surface area contributed by atoms with Crippen molar-refractivity contribution in [3.8, 4) is 22.6 Å². The van der Waals surface area contributed by atoms with Crippen molar-refractivity contribution >= 4 is 17.4 Å². The van der Waals surface area contributed by atoms with Crippen molar-refractivity contribution in [2.24, 2.45) is 0 Å². The molecule has 3 aromatic rings. The Balaban J connectivity index is 1.44. The lowest BCUT2D eigenvalue weighted by Crippen LogP contribution is -2.07. The van der Waals surface area contributed by atoms with Gasteiger partial charge in [0, 0.05) is 28.8 Å². The summed E-state index contributed by atoms with van der Waals surface area (Å²) in [7, 11) is 0. The number of aryl methyl sites for hydroxylation is 2. The first-order valence-electron chi connectivity index (χ1n) is 13.0.